The second kappa shape index (κ2) is 12.4. The molecule has 190 valence electrons. The fourth-order valence-electron chi connectivity index (χ4n) is 4.30. The van der Waals surface area contributed by atoms with E-state index < -0.39 is 11.6 Å². The first kappa shape index (κ1) is 27.8. The molecule has 0 saturated heterocycles. The molecule has 36 heavy (non-hydrogen) atoms. The van der Waals surface area contributed by atoms with Gasteiger partial charge in [0.25, 0.3) is 0 Å². The Labute approximate surface area is 224 Å². The van der Waals surface area contributed by atoms with Crippen LogP contribution in [0.2, 0.25) is 10.0 Å². The largest absolute Gasteiger partial charge is 0.350 e. The van der Waals surface area contributed by atoms with Crippen molar-refractivity contribution in [2.24, 2.45) is 0 Å². The van der Waals surface area contributed by atoms with E-state index in [4.69, 9.17) is 23.2 Å². The fourth-order valence-corrected chi connectivity index (χ4v) is 4.76. The van der Waals surface area contributed by atoms with Crippen LogP contribution in [0.3, 0.4) is 0 Å². The van der Waals surface area contributed by atoms with Crippen LogP contribution < -0.4 is 5.32 Å². The van der Waals surface area contributed by atoms with Gasteiger partial charge in [-0.05, 0) is 56.0 Å². The van der Waals surface area contributed by atoms with Gasteiger partial charge in [-0.3, -0.25) is 9.59 Å². The SMILES string of the molecule is CC[C@@H](C(=O)NC(C)(C)C)N(Cc1ccc(Cl)cc1Cl)C(=O)CC(c1ccccc1)c1ccccc1. The summed E-state index contributed by atoms with van der Waals surface area (Å²) >= 11 is 12.6. The molecule has 3 aromatic rings. The summed E-state index contributed by atoms with van der Waals surface area (Å²) in [5.41, 5.74) is 2.42. The van der Waals surface area contributed by atoms with Crippen molar-refractivity contribution >= 4 is 35.0 Å². The Bertz CT molecular complexity index is 1120. The van der Waals surface area contributed by atoms with E-state index in [1.807, 2.05) is 94.4 Å². The number of amides is 2. The lowest BCUT2D eigenvalue weighted by molar-refractivity contribution is -0.142. The lowest BCUT2D eigenvalue weighted by Gasteiger charge is -2.34. The zero-order valence-electron chi connectivity index (χ0n) is 21.3. The maximum atomic E-state index is 14.0. The van der Waals surface area contributed by atoms with Gasteiger partial charge in [0, 0.05) is 34.5 Å². The second-order valence-electron chi connectivity index (χ2n) is 10.00. The van der Waals surface area contributed by atoms with Gasteiger partial charge >= 0.3 is 0 Å². The highest BCUT2D eigenvalue weighted by atomic mass is 35.5. The molecule has 3 aromatic carbocycles. The van der Waals surface area contributed by atoms with Crippen molar-refractivity contribution in [3.05, 3.63) is 106 Å². The number of rotatable bonds is 9. The fraction of sp³-hybridized carbons (Fsp3) is 0.333. The Morgan fingerprint density at radius 3 is 1.92 bits per heavy atom. The average molecular weight is 526 g/mol. The van der Waals surface area contributed by atoms with Gasteiger partial charge in [-0.25, -0.2) is 0 Å². The highest BCUT2D eigenvalue weighted by molar-refractivity contribution is 6.35. The molecule has 4 nitrogen and oxygen atoms in total. The average Bonchev–Trinajstić information content (AvgIpc) is 2.83. The Hall–Kier alpha value is -2.82. The maximum Gasteiger partial charge on any atom is 0.243 e. The molecular weight excluding hydrogens is 491 g/mol. The summed E-state index contributed by atoms with van der Waals surface area (Å²) in [6.45, 7) is 7.92. The number of nitrogens with zero attached hydrogens (tertiary/aromatic N) is 1. The van der Waals surface area contributed by atoms with E-state index >= 15 is 0 Å². The quantitative estimate of drug-likeness (QED) is 0.320. The number of hydrogen-bond donors (Lipinski definition) is 1. The Balaban J connectivity index is 1.99. The van der Waals surface area contributed by atoms with Gasteiger partial charge in [0.2, 0.25) is 11.8 Å². The van der Waals surface area contributed by atoms with Gasteiger partial charge in [0.1, 0.15) is 6.04 Å². The van der Waals surface area contributed by atoms with Crippen LogP contribution in [0, 0.1) is 0 Å². The summed E-state index contributed by atoms with van der Waals surface area (Å²) in [6.07, 6.45) is 0.693. The van der Waals surface area contributed by atoms with Gasteiger partial charge in [-0.15, -0.1) is 0 Å². The lowest BCUT2D eigenvalue weighted by Crippen LogP contribution is -2.53. The molecule has 0 unspecified atom stereocenters. The second-order valence-corrected chi connectivity index (χ2v) is 10.8. The summed E-state index contributed by atoms with van der Waals surface area (Å²) in [7, 11) is 0. The third kappa shape index (κ3) is 7.59. The molecule has 0 aliphatic rings. The molecule has 0 aliphatic heterocycles. The molecule has 0 aromatic heterocycles. The molecule has 6 heteroatoms. The zero-order valence-corrected chi connectivity index (χ0v) is 22.8. The van der Waals surface area contributed by atoms with E-state index in [-0.39, 0.29) is 30.7 Å². The smallest absolute Gasteiger partial charge is 0.243 e. The molecule has 0 saturated carbocycles. The van der Waals surface area contributed by atoms with Gasteiger partial charge in [0.05, 0.1) is 0 Å². The van der Waals surface area contributed by atoms with Gasteiger partial charge in [0.15, 0.2) is 0 Å². The highest BCUT2D eigenvalue weighted by Gasteiger charge is 2.32. The van der Waals surface area contributed by atoms with Gasteiger partial charge < -0.3 is 10.2 Å². The monoisotopic (exact) mass is 524 g/mol. The molecule has 3 rings (SSSR count). The summed E-state index contributed by atoms with van der Waals surface area (Å²) < 4.78 is 0. The predicted molar refractivity (Wildman–Crippen MR) is 148 cm³/mol. The molecule has 0 heterocycles. The van der Waals surface area contributed by atoms with Crippen molar-refractivity contribution in [2.45, 2.75) is 64.6 Å². The van der Waals surface area contributed by atoms with Crippen LogP contribution in [0.15, 0.2) is 78.9 Å². The van der Waals surface area contributed by atoms with Crippen LogP contribution in [0.1, 0.15) is 63.1 Å². The number of hydrogen-bond acceptors (Lipinski definition) is 2. The molecular formula is C30H34Cl2N2O2. The van der Waals surface area contributed by atoms with Crippen LogP contribution in [0.4, 0.5) is 0 Å². The minimum atomic E-state index is -0.643. The highest BCUT2D eigenvalue weighted by Crippen LogP contribution is 2.30. The van der Waals surface area contributed by atoms with Crippen LogP contribution in [0.25, 0.3) is 0 Å². The summed E-state index contributed by atoms with van der Waals surface area (Å²) in [5.74, 6) is -0.444. The minimum Gasteiger partial charge on any atom is -0.350 e. The first-order chi connectivity index (χ1) is 17.1. The van der Waals surface area contributed by atoms with Crippen molar-refractivity contribution in [1.82, 2.24) is 10.2 Å². The molecule has 1 atom stereocenters. The predicted octanol–water partition coefficient (Wildman–Crippen LogP) is 7.24. The van der Waals surface area contributed by atoms with E-state index in [0.717, 1.165) is 16.7 Å². The van der Waals surface area contributed by atoms with Crippen molar-refractivity contribution in [3.63, 3.8) is 0 Å². The first-order valence-corrected chi connectivity index (χ1v) is 13.0. The third-order valence-electron chi connectivity index (χ3n) is 6.02. The van der Waals surface area contributed by atoms with E-state index in [1.165, 1.54) is 0 Å². The summed E-state index contributed by atoms with van der Waals surface area (Å²) in [4.78, 5) is 29.0. The molecule has 0 fully saturated rings. The number of halogens is 2. The standard InChI is InChI=1S/C30H34Cl2N2O2/c1-5-27(29(36)33-30(2,3)4)34(20-23-16-17-24(31)18-26(23)32)28(35)19-25(21-12-8-6-9-13-21)22-14-10-7-11-15-22/h6-18,25,27H,5,19-20H2,1-4H3,(H,33,36)/t27-/m0/s1. The van der Waals surface area contributed by atoms with E-state index in [9.17, 15) is 9.59 Å². The minimum absolute atomic E-state index is 0.116. The third-order valence-corrected chi connectivity index (χ3v) is 6.61. The number of nitrogens with one attached hydrogen (secondary N) is 1. The topological polar surface area (TPSA) is 49.4 Å². The van der Waals surface area contributed by atoms with Crippen molar-refractivity contribution in [1.29, 1.82) is 0 Å². The van der Waals surface area contributed by atoms with Crippen LogP contribution >= 0.6 is 23.2 Å². The zero-order chi connectivity index (χ0) is 26.3. The van der Waals surface area contributed by atoms with Crippen molar-refractivity contribution < 1.29 is 9.59 Å². The Kier molecular flexibility index (Phi) is 9.58. The lowest BCUT2D eigenvalue weighted by atomic mass is 9.88. The van der Waals surface area contributed by atoms with Crippen LogP contribution in [-0.4, -0.2) is 28.3 Å². The van der Waals surface area contributed by atoms with Crippen LogP contribution in [0.5, 0.6) is 0 Å². The first-order valence-electron chi connectivity index (χ1n) is 12.2. The normalized spacial score (nSPS) is 12.3. The number of carbonyl (C=O) groups is 2. The summed E-state index contributed by atoms with van der Waals surface area (Å²) in [6, 6.07) is 24.6. The van der Waals surface area contributed by atoms with Crippen LogP contribution in [-0.2, 0) is 16.1 Å². The number of benzene rings is 3. The molecule has 0 spiro atoms. The van der Waals surface area contributed by atoms with E-state index in [2.05, 4.69) is 5.32 Å². The van der Waals surface area contributed by atoms with Crippen molar-refractivity contribution in [2.75, 3.05) is 0 Å². The van der Waals surface area contributed by atoms with Gasteiger partial charge in [-0.2, -0.15) is 0 Å². The van der Waals surface area contributed by atoms with Crippen molar-refractivity contribution in [3.8, 4) is 0 Å². The molecule has 1 N–H and O–H groups in total. The molecule has 2 amide bonds. The molecule has 0 bridgehead atoms. The Morgan fingerprint density at radius 2 is 1.44 bits per heavy atom. The Morgan fingerprint density at radius 1 is 0.889 bits per heavy atom. The maximum absolute atomic E-state index is 14.0. The van der Waals surface area contributed by atoms with E-state index in [1.54, 1.807) is 17.0 Å². The molecule has 0 aliphatic carbocycles. The van der Waals surface area contributed by atoms with Gasteiger partial charge in [-0.1, -0.05) is 96.9 Å². The van der Waals surface area contributed by atoms with E-state index in [0.29, 0.717) is 16.5 Å². The summed E-state index contributed by atoms with van der Waals surface area (Å²) in [5, 5.41) is 4.03. The number of carbonyl (C=O) groups excluding carboxylic acids is 2. The molecule has 0 radical (unpaired) electrons.